The number of carbonyl (C=O) groups is 1. The summed E-state index contributed by atoms with van der Waals surface area (Å²) in [5.74, 6) is 0.556. The standard InChI is InChI=1S/C27H32N6O2/c1-18-16-33(17-19(2)35-18)23-11-9-22(10-12-23)31-27-29-15-13-24(32-27)20-5-7-21(8-6-20)30-26(34)25-4-3-14-28-25/h5-13,15,18-19,25,28H,3-4,14,16-17H2,1-2H3,(H,30,34)(H,29,31,32)/t18-,19+,25-/m1/s1. The van der Waals surface area contributed by atoms with Crippen LogP contribution in [0.3, 0.4) is 0 Å². The SMILES string of the molecule is C[C@@H]1CN(c2ccc(Nc3nccc(-c4ccc(NC(=O)[C@H]5CCCN5)cc4)n3)cc2)C[C@H](C)O1. The number of carbonyl (C=O) groups excluding carboxylic acids is 1. The smallest absolute Gasteiger partial charge is 0.241 e. The molecule has 2 saturated heterocycles. The van der Waals surface area contributed by atoms with E-state index in [2.05, 4.69) is 56.8 Å². The quantitative estimate of drug-likeness (QED) is 0.495. The predicted molar refractivity (Wildman–Crippen MR) is 139 cm³/mol. The van der Waals surface area contributed by atoms with Gasteiger partial charge in [0.25, 0.3) is 0 Å². The van der Waals surface area contributed by atoms with Gasteiger partial charge in [0.1, 0.15) is 0 Å². The van der Waals surface area contributed by atoms with Crippen molar-refractivity contribution in [3.8, 4) is 11.3 Å². The Morgan fingerprint density at radius 1 is 1.00 bits per heavy atom. The second-order valence-corrected chi connectivity index (χ2v) is 9.32. The van der Waals surface area contributed by atoms with Gasteiger partial charge in [-0.05, 0) is 75.7 Å². The number of rotatable bonds is 6. The van der Waals surface area contributed by atoms with Crippen molar-refractivity contribution < 1.29 is 9.53 Å². The minimum absolute atomic E-state index is 0.0208. The molecule has 2 aliphatic heterocycles. The maximum Gasteiger partial charge on any atom is 0.241 e. The molecule has 3 aromatic rings. The zero-order chi connectivity index (χ0) is 24.2. The van der Waals surface area contributed by atoms with E-state index in [1.807, 2.05) is 42.5 Å². The molecule has 0 aliphatic carbocycles. The van der Waals surface area contributed by atoms with Gasteiger partial charge >= 0.3 is 0 Å². The Morgan fingerprint density at radius 2 is 1.71 bits per heavy atom. The van der Waals surface area contributed by atoms with Gasteiger partial charge in [0.15, 0.2) is 0 Å². The molecule has 5 rings (SSSR count). The average Bonchev–Trinajstić information content (AvgIpc) is 3.40. The molecule has 1 amide bonds. The summed E-state index contributed by atoms with van der Waals surface area (Å²) in [6, 6.07) is 17.8. The Balaban J connectivity index is 1.22. The summed E-state index contributed by atoms with van der Waals surface area (Å²) < 4.78 is 5.84. The molecular weight excluding hydrogens is 440 g/mol. The Morgan fingerprint density at radius 3 is 2.40 bits per heavy atom. The van der Waals surface area contributed by atoms with Crippen molar-refractivity contribution in [2.45, 2.75) is 44.9 Å². The third kappa shape index (κ3) is 5.78. The molecule has 3 N–H and O–H groups in total. The topological polar surface area (TPSA) is 91.4 Å². The minimum Gasteiger partial charge on any atom is -0.372 e. The molecule has 1 aromatic heterocycles. The molecule has 2 fully saturated rings. The van der Waals surface area contributed by atoms with E-state index in [1.54, 1.807) is 6.20 Å². The first-order chi connectivity index (χ1) is 17.0. The molecule has 0 spiro atoms. The van der Waals surface area contributed by atoms with Crippen LogP contribution in [0.1, 0.15) is 26.7 Å². The summed E-state index contributed by atoms with van der Waals surface area (Å²) in [6.07, 6.45) is 4.12. The molecular formula is C27H32N6O2. The number of nitrogens with zero attached hydrogens (tertiary/aromatic N) is 3. The second kappa shape index (κ2) is 10.4. The van der Waals surface area contributed by atoms with Gasteiger partial charge in [-0.25, -0.2) is 9.97 Å². The Hall–Kier alpha value is -3.49. The van der Waals surface area contributed by atoms with Crippen molar-refractivity contribution in [3.63, 3.8) is 0 Å². The first-order valence-corrected chi connectivity index (χ1v) is 12.3. The third-order valence-electron chi connectivity index (χ3n) is 6.39. The lowest BCUT2D eigenvalue weighted by Crippen LogP contribution is -2.45. The lowest BCUT2D eigenvalue weighted by Gasteiger charge is -2.36. The maximum atomic E-state index is 12.3. The van der Waals surface area contributed by atoms with Gasteiger partial charge in [-0.15, -0.1) is 0 Å². The van der Waals surface area contributed by atoms with Crippen LogP contribution in [0.5, 0.6) is 0 Å². The number of aromatic nitrogens is 2. The van der Waals surface area contributed by atoms with Crippen molar-refractivity contribution in [1.82, 2.24) is 15.3 Å². The molecule has 3 atom stereocenters. The average molecular weight is 473 g/mol. The van der Waals surface area contributed by atoms with Crippen molar-refractivity contribution in [2.24, 2.45) is 0 Å². The number of anilines is 4. The summed E-state index contributed by atoms with van der Waals surface area (Å²) in [6.45, 7) is 6.91. The number of amides is 1. The highest BCUT2D eigenvalue weighted by Gasteiger charge is 2.23. The summed E-state index contributed by atoms with van der Waals surface area (Å²) in [4.78, 5) is 23.7. The van der Waals surface area contributed by atoms with Crippen molar-refractivity contribution in [3.05, 3.63) is 60.8 Å². The lowest BCUT2D eigenvalue weighted by atomic mass is 10.1. The van der Waals surface area contributed by atoms with E-state index in [0.29, 0.717) is 5.95 Å². The molecule has 0 radical (unpaired) electrons. The summed E-state index contributed by atoms with van der Waals surface area (Å²) in [5, 5.41) is 9.50. The molecule has 35 heavy (non-hydrogen) atoms. The van der Waals surface area contributed by atoms with Crippen molar-refractivity contribution in [2.75, 3.05) is 35.2 Å². The highest BCUT2D eigenvalue weighted by Crippen LogP contribution is 2.25. The van der Waals surface area contributed by atoms with Crippen LogP contribution in [0.4, 0.5) is 23.0 Å². The first kappa shape index (κ1) is 23.3. The van der Waals surface area contributed by atoms with Crippen molar-refractivity contribution >= 4 is 28.9 Å². The number of hydrogen-bond donors (Lipinski definition) is 3. The highest BCUT2D eigenvalue weighted by atomic mass is 16.5. The lowest BCUT2D eigenvalue weighted by molar-refractivity contribution is -0.117. The fraction of sp³-hybridized carbons (Fsp3) is 0.370. The number of hydrogen-bond acceptors (Lipinski definition) is 7. The summed E-state index contributed by atoms with van der Waals surface area (Å²) >= 11 is 0. The van der Waals surface area contributed by atoms with Crippen LogP contribution < -0.4 is 20.9 Å². The zero-order valence-corrected chi connectivity index (χ0v) is 20.2. The van der Waals surface area contributed by atoms with Gasteiger partial charge in [-0.3, -0.25) is 4.79 Å². The van der Waals surface area contributed by atoms with Gasteiger partial charge in [-0.2, -0.15) is 0 Å². The molecule has 2 aliphatic rings. The summed E-state index contributed by atoms with van der Waals surface area (Å²) in [7, 11) is 0. The second-order valence-electron chi connectivity index (χ2n) is 9.32. The normalized spacial score (nSPS) is 22.1. The van der Waals surface area contributed by atoms with Gasteiger partial charge < -0.3 is 25.6 Å². The molecule has 0 unspecified atom stereocenters. The highest BCUT2D eigenvalue weighted by molar-refractivity contribution is 5.95. The van der Waals surface area contributed by atoms with Crippen LogP contribution in [0.25, 0.3) is 11.3 Å². The largest absolute Gasteiger partial charge is 0.372 e. The van der Waals surface area contributed by atoms with Crippen LogP contribution in [-0.2, 0) is 9.53 Å². The monoisotopic (exact) mass is 472 g/mol. The van der Waals surface area contributed by atoms with Crippen LogP contribution in [-0.4, -0.2) is 53.8 Å². The molecule has 0 bridgehead atoms. The fourth-order valence-corrected chi connectivity index (χ4v) is 4.72. The third-order valence-corrected chi connectivity index (χ3v) is 6.39. The van der Waals surface area contributed by atoms with E-state index >= 15 is 0 Å². The van der Waals surface area contributed by atoms with E-state index < -0.39 is 0 Å². The number of morpholine rings is 1. The van der Waals surface area contributed by atoms with Gasteiger partial charge in [0.05, 0.1) is 23.9 Å². The van der Waals surface area contributed by atoms with Crippen LogP contribution >= 0.6 is 0 Å². The van der Waals surface area contributed by atoms with E-state index in [0.717, 1.165) is 55.1 Å². The Kier molecular flexibility index (Phi) is 6.92. The Labute approximate surface area is 206 Å². The van der Waals surface area contributed by atoms with Crippen molar-refractivity contribution in [1.29, 1.82) is 0 Å². The van der Waals surface area contributed by atoms with E-state index in [4.69, 9.17) is 4.74 Å². The van der Waals surface area contributed by atoms with Crippen LogP contribution in [0.15, 0.2) is 60.8 Å². The predicted octanol–water partition coefficient (Wildman–Crippen LogP) is 4.19. The molecule has 2 aromatic carbocycles. The molecule has 182 valence electrons. The number of benzene rings is 2. The number of ether oxygens (including phenoxy) is 1. The summed E-state index contributed by atoms with van der Waals surface area (Å²) in [5.41, 5.74) is 4.66. The molecule has 0 saturated carbocycles. The number of nitrogens with one attached hydrogen (secondary N) is 3. The van der Waals surface area contributed by atoms with E-state index in [1.165, 1.54) is 5.69 Å². The van der Waals surface area contributed by atoms with Crippen LogP contribution in [0, 0.1) is 0 Å². The fourth-order valence-electron chi connectivity index (χ4n) is 4.72. The Bertz CT molecular complexity index is 1140. The zero-order valence-electron chi connectivity index (χ0n) is 20.2. The van der Waals surface area contributed by atoms with E-state index in [9.17, 15) is 4.79 Å². The maximum absolute atomic E-state index is 12.3. The molecule has 8 nitrogen and oxygen atoms in total. The van der Waals surface area contributed by atoms with Gasteiger partial charge in [-0.1, -0.05) is 12.1 Å². The first-order valence-electron chi connectivity index (χ1n) is 12.3. The molecule has 8 heteroatoms. The van der Waals surface area contributed by atoms with Gasteiger partial charge in [0, 0.05) is 41.9 Å². The minimum atomic E-state index is -0.0970. The molecule has 3 heterocycles. The van der Waals surface area contributed by atoms with E-state index in [-0.39, 0.29) is 24.2 Å². The van der Waals surface area contributed by atoms with Gasteiger partial charge in [0.2, 0.25) is 11.9 Å². The van der Waals surface area contributed by atoms with Crippen LogP contribution in [0.2, 0.25) is 0 Å².